The minimum Gasteiger partial charge on any atom is -0.475 e. The predicted octanol–water partition coefficient (Wildman–Crippen LogP) is 2.68. The molecular formula is C13H8F2O4. The van der Waals surface area contributed by atoms with Gasteiger partial charge in [0, 0.05) is 6.42 Å². The molecule has 2 rings (SSSR count). The Morgan fingerprint density at radius 3 is 2.32 bits per heavy atom. The average Bonchev–Trinajstić information content (AvgIpc) is 2.83. The predicted molar refractivity (Wildman–Crippen MR) is 60.1 cm³/mol. The number of carbonyl (C=O) groups is 2. The van der Waals surface area contributed by atoms with Crippen molar-refractivity contribution in [2.24, 2.45) is 0 Å². The molecule has 0 amide bonds. The lowest BCUT2D eigenvalue weighted by molar-refractivity contribution is 0.0660. The Hall–Kier alpha value is -2.50. The van der Waals surface area contributed by atoms with Gasteiger partial charge >= 0.3 is 5.97 Å². The van der Waals surface area contributed by atoms with Crippen molar-refractivity contribution >= 4 is 11.8 Å². The molecule has 4 nitrogen and oxygen atoms in total. The van der Waals surface area contributed by atoms with Crippen molar-refractivity contribution in [2.45, 2.75) is 6.42 Å². The molecule has 6 heteroatoms. The molecule has 0 aliphatic carbocycles. The quantitative estimate of drug-likeness (QED) is 0.864. The van der Waals surface area contributed by atoms with Crippen molar-refractivity contribution in [1.29, 1.82) is 0 Å². The summed E-state index contributed by atoms with van der Waals surface area (Å²) in [7, 11) is 0. The van der Waals surface area contributed by atoms with Gasteiger partial charge in [-0.15, -0.1) is 0 Å². The number of halogens is 2. The maximum atomic E-state index is 13.0. The fraction of sp³-hybridized carbons (Fsp3) is 0.0769. The van der Waals surface area contributed by atoms with Crippen molar-refractivity contribution in [3.8, 4) is 0 Å². The number of carboxylic acid groups (broad SMARTS) is 1. The molecule has 19 heavy (non-hydrogen) atoms. The van der Waals surface area contributed by atoms with Crippen LogP contribution in [0.4, 0.5) is 8.78 Å². The lowest BCUT2D eigenvalue weighted by Gasteiger charge is -2.00. The fourth-order valence-corrected chi connectivity index (χ4v) is 1.52. The smallest absolute Gasteiger partial charge is 0.371 e. The zero-order valence-electron chi connectivity index (χ0n) is 9.52. The molecule has 2 aromatic rings. The Morgan fingerprint density at radius 2 is 1.74 bits per heavy atom. The minimum atomic E-state index is -1.29. The SMILES string of the molecule is O=C(O)c1ccc(C(=O)Cc2ccc(F)c(F)c2)o1. The van der Waals surface area contributed by atoms with E-state index >= 15 is 0 Å². The van der Waals surface area contributed by atoms with E-state index < -0.39 is 23.4 Å². The highest BCUT2D eigenvalue weighted by molar-refractivity contribution is 5.96. The fourth-order valence-electron chi connectivity index (χ4n) is 1.52. The summed E-state index contributed by atoms with van der Waals surface area (Å²) >= 11 is 0. The van der Waals surface area contributed by atoms with Crippen LogP contribution in [0.15, 0.2) is 34.7 Å². The Morgan fingerprint density at radius 1 is 1.05 bits per heavy atom. The zero-order valence-corrected chi connectivity index (χ0v) is 9.52. The largest absolute Gasteiger partial charge is 0.475 e. The van der Waals surface area contributed by atoms with E-state index in [9.17, 15) is 18.4 Å². The lowest BCUT2D eigenvalue weighted by atomic mass is 10.1. The zero-order chi connectivity index (χ0) is 14.0. The summed E-state index contributed by atoms with van der Waals surface area (Å²) in [4.78, 5) is 22.3. The molecule has 0 saturated heterocycles. The Bertz CT molecular complexity index is 646. The van der Waals surface area contributed by atoms with Gasteiger partial charge in [-0.25, -0.2) is 13.6 Å². The van der Waals surface area contributed by atoms with Crippen molar-refractivity contribution < 1.29 is 27.9 Å². The highest BCUT2D eigenvalue weighted by Gasteiger charge is 2.16. The number of carboxylic acids is 1. The monoisotopic (exact) mass is 266 g/mol. The summed E-state index contributed by atoms with van der Waals surface area (Å²) in [6, 6.07) is 5.49. The molecule has 0 spiro atoms. The molecule has 1 N–H and O–H groups in total. The molecule has 98 valence electrons. The standard InChI is InChI=1S/C13H8F2O4/c14-8-2-1-7(5-9(8)15)6-10(16)11-3-4-12(19-11)13(17)18/h1-5H,6H2,(H,17,18). The van der Waals surface area contributed by atoms with Gasteiger partial charge in [0.2, 0.25) is 11.5 Å². The van der Waals surface area contributed by atoms with E-state index in [-0.39, 0.29) is 23.5 Å². The summed E-state index contributed by atoms with van der Waals surface area (Å²) in [6.45, 7) is 0. The van der Waals surface area contributed by atoms with Crippen LogP contribution in [0.2, 0.25) is 0 Å². The highest BCUT2D eigenvalue weighted by atomic mass is 19.2. The number of benzene rings is 1. The van der Waals surface area contributed by atoms with Gasteiger partial charge in [-0.2, -0.15) is 0 Å². The third kappa shape index (κ3) is 2.85. The van der Waals surface area contributed by atoms with Crippen molar-refractivity contribution in [3.05, 3.63) is 59.1 Å². The number of Topliss-reactive ketones (excluding diaryl/α,β-unsaturated/α-hetero) is 1. The van der Waals surface area contributed by atoms with Crippen molar-refractivity contribution in [2.75, 3.05) is 0 Å². The van der Waals surface area contributed by atoms with Gasteiger partial charge in [-0.05, 0) is 29.8 Å². The summed E-state index contributed by atoms with van der Waals surface area (Å²) < 4.78 is 30.5. The third-order valence-corrected chi connectivity index (χ3v) is 2.44. The second-order valence-electron chi connectivity index (χ2n) is 3.82. The number of ketones is 1. The maximum Gasteiger partial charge on any atom is 0.371 e. The summed E-state index contributed by atoms with van der Waals surface area (Å²) in [5.41, 5.74) is 0.275. The number of hydrogen-bond acceptors (Lipinski definition) is 3. The van der Waals surface area contributed by atoms with Gasteiger partial charge in [0.25, 0.3) is 0 Å². The number of furan rings is 1. The maximum absolute atomic E-state index is 13.0. The minimum absolute atomic E-state index is 0.137. The van der Waals surface area contributed by atoms with E-state index in [0.29, 0.717) is 0 Å². The molecular weight excluding hydrogens is 258 g/mol. The molecule has 0 bridgehead atoms. The first-order chi connectivity index (χ1) is 8.97. The van der Waals surface area contributed by atoms with E-state index in [1.165, 1.54) is 12.1 Å². The van der Waals surface area contributed by atoms with Crippen molar-refractivity contribution in [1.82, 2.24) is 0 Å². The third-order valence-electron chi connectivity index (χ3n) is 2.44. The van der Waals surface area contributed by atoms with E-state index in [2.05, 4.69) is 0 Å². The van der Waals surface area contributed by atoms with Gasteiger partial charge < -0.3 is 9.52 Å². The van der Waals surface area contributed by atoms with Gasteiger partial charge in [0.1, 0.15) is 0 Å². The first-order valence-electron chi connectivity index (χ1n) is 5.27. The number of rotatable bonds is 4. The van der Waals surface area contributed by atoms with Gasteiger partial charge in [0.15, 0.2) is 17.4 Å². The van der Waals surface area contributed by atoms with E-state index in [1.807, 2.05) is 0 Å². The number of carbonyl (C=O) groups excluding carboxylic acids is 1. The topological polar surface area (TPSA) is 67.5 Å². The Labute approximate surface area is 106 Å². The molecule has 1 aromatic carbocycles. The normalized spacial score (nSPS) is 10.4. The van der Waals surface area contributed by atoms with Crippen LogP contribution in [-0.4, -0.2) is 16.9 Å². The van der Waals surface area contributed by atoms with Crippen LogP contribution < -0.4 is 0 Å². The van der Waals surface area contributed by atoms with E-state index in [1.54, 1.807) is 0 Å². The van der Waals surface area contributed by atoms with Crippen LogP contribution >= 0.6 is 0 Å². The molecule has 0 aliphatic rings. The number of aromatic carboxylic acids is 1. The van der Waals surface area contributed by atoms with Gasteiger partial charge in [-0.3, -0.25) is 4.79 Å². The van der Waals surface area contributed by atoms with Crippen LogP contribution in [0, 0.1) is 11.6 Å². The molecule has 0 unspecified atom stereocenters. The Kier molecular flexibility index (Phi) is 3.41. The molecule has 0 fully saturated rings. The Balaban J connectivity index is 2.15. The van der Waals surface area contributed by atoms with E-state index in [4.69, 9.17) is 9.52 Å². The second kappa shape index (κ2) is 5.01. The average molecular weight is 266 g/mol. The highest BCUT2D eigenvalue weighted by Crippen LogP contribution is 2.14. The van der Waals surface area contributed by atoms with Gasteiger partial charge in [0.05, 0.1) is 0 Å². The number of hydrogen-bond donors (Lipinski definition) is 1. The summed E-state index contributed by atoms with van der Waals surface area (Å²) in [5.74, 6) is -4.33. The second-order valence-corrected chi connectivity index (χ2v) is 3.82. The molecule has 1 heterocycles. The first-order valence-corrected chi connectivity index (χ1v) is 5.27. The molecule has 0 aliphatic heterocycles. The lowest BCUT2D eigenvalue weighted by Crippen LogP contribution is -2.03. The van der Waals surface area contributed by atoms with Crippen LogP contribution in [0.3, 0.4) is 0 Å². The van der Waals surface area contributed by atoms with Gasteiger partial charge in [-0.1, -0.05) is 6.07 Å². The van der Waals surface area contributed by atoms with Crippen LogP contribution in [0.1, 0.15) is 26.7 Å². The van der Waals surface area contributed by atoms with Crippen LogP contribution in [0.25, 0.3) is 0 Å². The first kappa shape index (κ1) is 12.9. The molecule has 0 radical (unpaired) electrons. The van der Waals surface area contributed by atoms with Crippen molar-refractivity contribution in [3.63, 3.8) is 0 Å². The molecule has 0 saturated carbocycles. The summed E-state index contributed by atoms with van der Waals surface area (Å²) in [6.07, 6.45) is -0.205. The van der Waals surface area contributed by atoms with Crippen LogP contribution in [-0.2, 0) is 6.42 Å². The van der Waals surface area contributed by atoms with E-state index in [0.717, 1.165) is 18.2 Å². The molecule has 1 aromatic heterocycles. The molecule has 0 atom stereocenters. The van der Waals surface area contributed by atoms with Crippen LogP contribution in [0.5, 0.6) is 0 Å². The summed E-state index contributed by atoms with van der Waals surface area (Å²) in [5, 5.41) is 8.64.